The van der Waals surface area contributed by atoms with Gasteiger partial charge in [-0.05, 0) is 38.0 Å². The highest BCUT2D eigenvalue weighted by molar-refractivity contribution is 5.96. The Balaban J connectivity index is 5.85. The first-order chi connectivity index (χ1) is 22.2. The molecule has 0 aromatic carbocycles. The van der Waals surface area contributed by atoms with Crippen molar-refractivity contribution in [2.45, 2.75) is 116 Å². The topological polar surface area (TPSA) is 321 Å². The molecule has 0 spiro atoms. The van der Waals surface area contributed by atoms with E-state index in [0.29, 0.717) is 6.42 Å². The second-order valence-corrected chi connectivity index (χ2v) is 11.7. The Kier molecular flexibility index (Phi) is 19.0. The van der Waals surface area contributed by atoms with E-state index < -0.39 is 127 Å². The zero-order chi connectivity index (χ0) is 37.3. The molecule has 0 aromatic heterocycles. The summed E-state index contributed by atoms with van der Waals surface area (Å²) in [5, 5.41) is 47.9. The molecule has 5 amide bonds. The molecule has 0 saturated heterocycles. The molecule has 19 heteroatoms. The monoisotopic (exact) mass is 688 g/mol. The van der Waals surface area contributed by atoms with Gasteiger partial charge in [0.15, 0.2) is 0 Å². The van der Waals surface area contributed by atoms with Crippen molar-refractivity contribution in [3.05, 3.63) is 0 Å². The van der Waals surface area contributed by atoms with E-state index in [1.807, 2.05) is 0 Å². The van der Waals surface area contributed by atoms with Gasteiger partial charge in [0.1, 0.15) is 30.2 Å². The van der Waals surface area contributed by atoms with Gasteiger partial charge < -0.3 is 52.7 Å². The van der Waals surface area contributed by atoms with Crippen molar-refractivity contribution in [2.24, 2.45) is 17.6 Å². The molecule has 0 saturated carbocycles. The smallest absolute Gasteiger partial charge is 0.326 e. The quantitative estimate of drug-likeness (QED) is 0.0563. The van der Waals surface area contributed by atoms with Crippen molar-refractivity contribution in [3.63, 3.8) is 0 Å². The number of amides is 5. The Hall–Kier alpha value is -4.81. The average molecular weight is 689 g/mol. The summed E-state index contributed by atoms with van der Waals surface area (Å²) in [5.41, 5.74) is 5.78. The normalized spacial score (nSPS) is 15.3. The van der Waals surface area contributed by atoms with Crippen LogP contribution in [0.4, 0.5) is 0 Å². The third kappa shape index (κ3) is 16.1. The lowest BCUT2D eigenvalue weighted by Crippen LogP contribution is -2.61. The summed E-state index contributed by atoms with van der Waals surface area (Å²) in [6, 6.07) is -8.19. The number of carboxylic acids is 4. The van der Waals surface area contributed by atoms with Crippen LogP contribution in [0.3, 0.4) is 0 Å². The maximum absolute atomic E-state index is 13.4. The van der Waals surface area contributed by atoms with Crippen LogP contribution in [0.25, 0.3) is 0 Å². The second-order valence-electron chi connectivity index (χ2n) is 11.7. The summed E-state index contributed by atoms with van der Waals surface area (Å²) >= 11 is 0. The van der Waals surface area contributed by atoms with E-state index in [1.54, 1.807) is 27.7 Å². The largest absolute Gasteiger partial charge is 0.481 e. The molecule has 0 heterocycles. The zero-order valence-corrected chi connectivity index (χ0v) is 27.6. The van der Waals surface area contributed by atoms with Crippen LogP contribution < -0.4 is 32.3 Å². The number of nitrogens with one attached hydrogen (secondary N) is 5. The van der Waals surface area contributed by atoms with E-state index in [9.17, 15) is 53.4 Å². The predicted octanol–water partition coefficient (Wildman–Crippen LogP) is -1.86. The van der Waals surface area contributed by atoms with Crippen molar-refractivity contribution < 1.29 is 63.6 Å². The van der Waals surface area contributed by atoms with Crippen molar-refractivity contribution in [3.8, 4) is 0 Å². The summed E-state index contributed by atoms with van der Waals surface area (Å²) in [5.74, 6) is -10.7. The molecule has 0 aliphatic heterocycles. The highest BCUT2D eigenvalue weighted by Crippen LogP contribution is 2.12. The van der Waals surface area contributed by atoms with Crippen LogP contribution in [-0.4, -0.2) is 110 Å². The van der Waals surface area contributed by atoms with Gasteiger partial charge in [0.2, 0.25) is 29.5 Å². The van der Waals surface area contributed by atoms with E-state index in [0.717, 1.165) is 0 Å². The molecule has 0 unspecified atom stereocenters. The Morgan fingerprint density at radius 2 is 0.979 bits per heavy atom. The fourth-order valence-corrected chi connectivity index (χ4v) is 4.15. The van der Waals surface area contributed by atoms with Crippen LogP contribution in [0.2, 0.25) is 0 Å². The van der Waals surface area contributed by atoms with Gasteiger partial charge in [0.05, 0.1) is 6.04 Å². The van der Waals surface area contributed by atoms with Crippen LogP contribution >= 0.6 is 0 Å². The molecule has 7 atom stereocenters. The Morgan fingerprint density at radius 3 is 1.44 bits per heavy atom. The summed E-state index contributed by atoms with van der Waals surface area (Å²) in [7, 11) is 0. The molecule has 48 heavy (non-hydrogen) atoms. The highest BCUT2D eigenvalue weighted by atomic mass is 16.4. The van der Waals surface area contributed by atoms with Crippen molar-refractivity contribution in [2.75, 3.05) is 0 Å². The second kappa shape index (κ2) is 21.1. The van der Waals surface area contributed by atoms with E-state index in [4.69, 9.17) is 15.9 Å². The molecule has 19 nitrogen and oxygen atoms in total. The van der Waals surface area contributed by atoms with Crippen LogP contribution in [0.5, 0.6) is 0 Å². The van der Waals surface area contributed by atoms with E-state index in [-0.39, 0.29) is 12.8 Å². The first-order valence-electron chi connectivity index (χ1n) is 15.4. The summed E-state index contributed by atoms with van der Waals surface area (Å²) < 4.78 is 0. The number of hydrogen-bond donors (Lipinski definition) is 10. The van der Waals surface area contributed by atoms with Crippen LogP contribution in [0, 0.1) is 11.8 Å². The van der Waals surface area contributed by atoms with Gasteiger partial charge in [0, 0.05) is 19.3 Å². The maximum atomic E-state index is 13.4. The molecule has 11 N–H and O–H groups in total. The summed E-state index contributed by atoms with van der Waals surface area (Å²) in [6.07, 6.45) is -2.15. The highest BCUT2D eigenvalue weighted by Gasteiger charge is 2.34. The summed E-state index contributed by atoms with van der Waals surface area (Å²) in [6.45, 7) is 7.74. The van der Waals surface area contributed by atoms with Gasteiger partial charge >= 0.3 is 23.9 Å². The average Bonchev–Trinajstić information content (AvgIpc) is 2.99. The zero-order valence-electron chi connectivity index (χ0n) is 27.6. The predicted molar refractivity (Wildman–Crippen MR) is 166 cm³/mol. The molecule has 0 rings (SSSR count). The third-order valence-corrected chi connectivity index (χ3v) is 7.34. The van der Waals surface area contributed by atoms with Gasteiger partial charge in [0.25, 0.3) is 0 Å². The van der Waals surface area contributed by atoms with Crippen molar-refractivity contribution in [1.29, 1.82) is 0 Å². The van der Waals surface area contributed by atoms with E-state index in [1.165, 1.54) is 6.92 Å². The standard InChI is InChI=1S/C29H48N6O13/c1-6-14(4)23(35-25(43)16(30)7-10-19(36)37)28(46)34-22(13(2)3)27(45)32-17(8-11-20(38)39)26(44)31-15(5)24(42)33-18(29(47)48)9-12-21(40)41/h13-18,22-23H,6-12,30H2,1-5H3,(H,31,44)(H,32,45)(H,33,42)(H,34,46)(H,35,43)(H,36,37)(H,38,39)(H,40,41)(H,47,48)/t14-,15-,16-,17-,18-,22-,23-/m0/s1. The fourth-order valence-electron chi connectivity index (χ4n) is 4.15. The fraction of sp³-hybridized carbons (Fsp3) is 0.690. The molecule has 272 valence electrons. The van der Waals surface area contributed by atoms with Gasteiger partial charge in [-0.25, -0.2) is 4.79 Å². The van der Waals surface area contributed by atoms with Crippen LogP contribution in [0.1, 0.15) is 79.6 Å². The minimum atomic E-state index is -1.57. The number of carbonyl (C=O) groups excluding carboxylic acids is 5. The first kappa shape index (κ1) is 43.2. The van der Waals surface area contributed by atoms with Gasteiger partial charge in [-0.15, -0.1) is 0 Å². The molecule has 0 aromatic rings. The van der Waals surface area contributed by atoms with Gasteiger partial charge in [-0.3, -0.25) is 38.4 Å². The van der Waals surface area contributed by atoms with E-state index >= 15 is 0 Å². The van der Waals surface area contributed by atoms with Crippen LogP contribution in [-0.2, 0) is 43.2 Å². The number of carboxylic acid groups (broad SMARTS) is 4. The van der Waals surface area contributed by atoms with Crippen LogP contribution in [0.15, 0.2) is 0 Å². The van der Waals surface area contributed by atoms with Gasteiger partial charge in [-0.1, -0.05) is 34.1 Å². The minimum absolute atomic E-state index is 0.183. The molecular weight excluding hydrogens is 640 g/mol. The molecule has 0 fully saturated rings. The lowest BCUT2D eigenvalue weighted by atomic mass is 9.95. The molecule has 0 aliphatic carbocycles. The number of hydrogen-bond acceptors (Lipinski definition) is 10. The molecule has 0 bridgehead atoms. The molecular formula is C29H48N6O13. The minimum Gasteiger partial charge on any atom is -0.481 e. The number of aliphatic carboxylic acids is 4. The van der Waals surface area contributed by atoms with Crippen molar-refractivity contribution >= 4 is 53.4 Å². The SMILES string of the molecule is CC[C@H](C)[C@H](NC(=O)[C@@H](N)CCC(=O)O)C(=O)N[C@H](C(=O)N[C@@H](CCC(=O)O)C(=O)N[C@@H](C)C(=O)N[C@@H](CCC(=O)O)C(=O)O)C(C)C. The first-order valence-corrected chi connectivity index (χ1v) is 15.4. The lowest BCUT2D eigenvalue weighted by molar-refractivity contribution is -0.143. The number of nitrogens with two attached hydrogens (primary N) is 1. The molecule has 0 aliphatic rings. The Morgan fingerprint density at radius 1 is 0.542 bits per heavy atom. The Labute approximate surface area is 277 Å². The number of rotatable bonds is 23. The maximum Gasteiger partial charge on any atom is 0.326 e. The third-order valence-electron chi connectivity index (χ3n) is 7.34. The summed E-state index contributed by atoms with van der Waals surface area (Å²) in [4.78, 5) is 109. The lowest BCUT2D eigenvalue weighted by Gasteiger charge is -2.29. The van der Waals surface area contributed by atoms with E-state index in [2.05, 4.69) is 26.6 Å². The molecule has 0 radical (unpaired) electrons. The van der Waals surface area contributed by atoms with Gasteiger partial charge in [-0.2, -0.15) is 0 Å². The Bertz CT molecular complexity index is 1190. The number of carbonyl (C=O) groups is 9. The van der Waals surface area contributed by atoms with Crippen molar-refractivity contribution in [1.82, 2.24) is 26.6 Å².